The molecule has 0 spiro atoms. The molecule has 0 aliphatic rings. The Balaban J connectivity index is 2.46. The first kappa shape index (κ1) is 15.2. The lowest BCUT2D eigenvalue weighted by Gasteiger charge is -2.15. The van der Waals surface area contributed by atoms with Gasteiger partial charge in [-0.2, -0.15) is 13.2 Å². The van der Waals surface area contributed by atoms with Gasteiger partial charge in [0.1, 0.15) is 11.6 Å². The first-order chi connectivity index (χ1) is 9.81. The van der Waals surface area contributed by atoms with E-state index in [4.69, 9.17) is 10.5 Å². The van der Waals surface area contributed by atoms with Crippen LogP contribution in [0.2, 0.25) is 0 Å². The predicted octanol–water partition coefficient (Wildman–Crippen LogP) is 4.23. The molecule has 7 heteroatoms. The number of rotatable bonds is 3. The molecule has 0 aliphatic heterocycles. The van der Waals surface area contributed by atoms with Crippen molar-refractivity contribution in [2.75, 3.05) is 0 Å². The lowest BCUT2D eigenvalue weighted by Crippen LogP contribution is -2.09. The Morgan fingerprint density at radius 3 is 2.29 bits per heavy atom. The van der Waals surface area contributed by atoms with Crippen LogP contribution in [0.4, 0.5) is 22.0 Å². The van der Waals surface area contributed by atoms with Crippen LogP contribution in [0.5, 0.6) is 11.5 Å². The molecule has 0 heterocycles. The smallest absolute Gasteiger partial charge is 0.419 e. The van der Waals surface area contributed by atoms with Crippen LogP contribution < -0.4 is 10.5 Å². The van der Waals surface area contributed by atoms with Gasteiger partial charge >= 0.3 is 6.18 Å². The Morgan fingerprint density at radius 1 is 0.952 bits per heavy atom. The van der Waals surface area contributed by atoms with Crippen LogP contribution in [0.25, 0.3) is 0 Å². The molecule has 0 aromatic heterocycles. The summed E-state index contributed by atoms with van der Waals surface area (Å²) in [6.45, 7) is -0.0856. The van der Waals surface area contributed by atoms with Gasteiger partial charge in [0, 0.05) is 12.6 Å². The maximum Gasteiger partial charge on any atom is 0.419 e. The molecular weight excluding hydrogens is 293 g/mol. The number of hydrogen-bond donors (Lipinski definition) is 1. The van der Waals surface area contributed by atoms with Crippen molar-refractivity contribution < 1.29 is 26.7 Å². The minimum Gasteiger partial charge on any atom is -0.454 e. The molecular formula is C14H10F5NO. The standard InChI is InChI=1S/C14H10F5NO/c15-9-2-3-11(16)13(6-9)21-12-4-1-8(7-20)5-10(12)14(17,18)19/h1-6H,7,20H2. The fourth-order valence-corrected chi connectivity index (χ4v) is 1.69. The number of halogens is 5. The molecule has 0 radical (unpaired) electrons. The first-order valence-electron chi connectivity index (χ1n) is 5.84. The normalized spacial score (nSPS) is 11.5. The highest BCUT2D eigenvalue weighted by atomic mass is 19.4. The van der Waals surface area contributed by atoms with Gasteiger partial charge in [0.2, 0.25) is 0 Å². The van der Waals surface area contributed by atoms with Crippen LogP contribution in [-0.2, 0) is 12.7 Å². The predicted molar refractivity (Wildman–Crippen MR) is 65.8 cm³/mol. The monoisotopic (exact) mass is 303 g/mol. The summed E-state index contributed by atoms with van der Waals surface area (Å²) < 4.78 is 70.2. The molecule has 2 N–H and O–H groups in total. The number of alkyl halides is 3. The van der Waals surface area contributed by atoms with E-state index in [9.17, 15) is 22.0 Å². The van der Waals surface area contributed by atoms with Crippen LogP contribution in [0.15, 0.2) is 36.4 Å². The summed E-state index contributed by atoms with van der Waals surface area (Å²) in [7, 11) is 0. The number of ether oxygens (including phenoxy) is 1. The van der Waals surface area contributed by atoms with Crippen LogP contribution in [0.1, 0.15) is 11.1 Å². The van der Waals surface area contributed by atoms with E-state index < -0.39 is 34.9 Å². The van der Waals surface area contributed by atoms with Gasteiger partial charge < -0.3 is 10.5 Å². The zero-order chi connectivity index (χ0) is 15.6. The quantitative estimate of drug-likeness (QED) is 0.861. The molecule has 0 fully saturated rings. The molecule has 2 rings (SSSR count). The second-order valence-corrected chi connectivity index (χ2v) is 4.21. The second-order valence-electron chi connectivity index (χ2n) is 4.21. The average Bonchev–Trinajstić information content (AvgIpc) is 2.42. The van der Waals surface area contributed by atoms with E-state index in [0.29, 0.717) is 6.07 Å². The summed E-state index contributed by atoms with van der Waals surface area (Å²) in [4.78, 5) is 0. The first-order valence-corrected chi connectivity index (χ1v) is 5.84. The van der Waals surface area contributed by atoms with Crippen molar-refractivity contribution in [3.63, 3.8) is 0 Å². The number of hydrogen-bond acceptors (Lipinski definition) is 2. The van der Waals surface area contributed by atoms with E-state index in [1.807, 2.05) is 0 Å². The van der Waals surface area contributed by atoms with E-state index in [0.717, 1.165) is 24.3 Å². The van der Waals surface area contributed by atoms with E-state index >= 15 is 0 Å². The average molecular weight is 303 g/mol. The van der Waals surface area contributed by atoms with Crippen LogP contribution in [0.3, 0.4) is 0 Å². The number of benzene rings is 2. The summed E-state index contributed by atoms with van der Waals surface area (Å²) in [5.41, 5.74) is 4.43. The van der Waals surface area contributed by atoms with Gasteiger partial charge in [-0.3, -0.25) is 0 Å². The van der Waals surface area contributed by atoms with Crippen LogP contribution in [0, 0.1) is 11.6 Å². The molecule has 2 aromatic carbocycles. The molecule has 0 atom stereocenters. The van der Waals surface area contributed by atoms with Crippen molar-refractivity contribution in [3.8, 4) is 11.5 Å². The largest absolute Gasteiger partial charge is 0.454 e. The third-order valence-corrected chi connectivity index (χ3v) is 2.70. The van der Waals surface area contributed by atoms with Crippen molar-refractivity contribution in [1.29, 1.82) is 0 Å². The van der Waals surface area contributed by atoms with Crippen molar-refractivity contribution in [3.05, 3.63) is 59.2 Å². The molecule has 0 saturated carbocycles. The van der Waals surface area contributed by atoms with E-state index in [1.165, 1.54) is 6.07 Å². The highest BCUT2D eigenvalue weighted by Crippen LogP contribution is 2.39. The Kier molecular flexibility index (Phi) is 4.13. The van der Waals surface area contributed by atoms with Gasteiger partial charge in [-0.15, -0.1) is 0 Å². The van der Waals surface area contributed by atoms with Crippen LogP contribution >= 0.6 is 0 Å². The Morgan fingerprint density at radius 2 is 1.67 bits per heavy atom. The van der Waals surface area contributed by atoms with E-state index in [1.54, 1.807) is 0 Å². The fourth-order valence-electron chi connectivity index (χ4n) is 1.69. The van der Waals surface area contributed by atoms with Gasteiger partial charge in [0.15, 0.2) is 11.6 Å². The highest BCUT2D eigenvalue weighted by Gasteiger charge is 2.35. The molecule has 0 amide bonds. The summed E-state index contributed by atoms with van der Waals surface area (Å²) >= 11 is 0. The molecule has 2 nitrogen and oxygen atoms in total. The Hall–Kier alpha value is -2.15. The number of nitrogens with two attached hydrogens (primary N) is 1. The van der Waals surface area contributed by atoms with Crippen LogP contribution in [-0.4, -0.2) is 0 Å². The molecule has 0 bridgehead atoms. The molecule has 0 aliphatic carbocycles. The summed E-state index contributed by atoms with van der Waals surface area (Å²) in [5.74, 6) is -3.03. The van der Waals surface area contributed by atoms with Crippen molar-refractivity contribution in [2.24, 2.45) is 5.73 Å². The third-order valence-electron chi connectivity index (χ3n) is 2.70. The minimum atomic E-state index is -4.70. The Labute approximate surface area is 116 Å². The summed E-state index contributed by atoms with van der Waals surface area (Å²) in [5, 5.41) is 0. The van der Waals surface area contributed by atoms with Gasteiger partial charge in [0.05, 0.1) is 5.56 Å². The maximum absolute atomic E-state index is 13.4. The zero-order valence-electron chi connectivity index (χ0n) is 10.5. The second kappa shape index (κ2) is 5.69. The molecule has 112 valence electrons. The fraction of sp³-hybridized carbons (Fsp3) is 0.143. The maximum atomic E-state index is 13.4. The lowest BCUT2D eigenvalue weighted by molar-refractivity contribution is -0.138. The highest BCUT2D eigenvalue weighted by molar-refractivity contribution is 5.42. The van der Waals surface area contributed by atoms with Gasteiger partial charge in [-0.1, -0.05) is 6.07 Å². The van der Waals surface area contributed by atoms with Crippen molar-refractivity contribution in [2.45, 2.75) is 12.7 Å². The van der Waals surface area contributed by atoms with E-state index in [-0.39, 0.29) is 12.1 Å². The van der Waals surface area contributed by atoms with Gasteiger partial charge in [0.25, 0.3) is 0 Å². The Bertz CT molecular complexity index is 654. The summed E-state index contributed by atoms with van der Waals surface area (Å²) in [6.07, 6.45) is -4.70. The lowest BCUT2D eigenvalue weighted by atomic mass is 10.1. The minimum absolute atomic E-state index is 0.0856. The van der Waals surface area contributed by atoms with E-state index in [2.05, 4.69) is 0 Å². The topological polar surface area (TPSA) is 35.2 Å². The van der Waals surface area contributed by atoms with Gasteiger partial charge in [-0.25, -0.2) is 8.78 Å². The van der Waals surface area contributed by atoms with Gasteiger partial charge in [-0.05, 0) is 29.8 Å². The third kappa shape index (κ3) is 3.49. The van der Waals surface area contributed by atoms with Crippen molar-refractivity contribution in [1.82, 2.24) is 0 Å². The molecule has 0 saturated heterocycles. The molecule has 2 aromatic rings. The molecule has 0 unspecified atom stereocenters. The van der Waals surface area contributed by atoms with Crippen molar-refractivity contribution >= 4 is 0 Å². The SMILES string of the molecule is NCc1ccc(Oc2cc(F)ccc2F)c(C(F)(F)F)c1. The summed E-state index contributed by atoms with van der Waals surface area (Å²) in [6, 6.07) is 5.44. The molecule has 21 heavy (non-hydrogen) atoms. The zero-order valence-corrected chi connectivity index (χ0v) is 10.5.